The van der Waals surface area contributed by atoms with Crippen molar-refractivity contribution in [2.45, 2.75) is 38.8 Å². The molecule has 0 bridgehead atoms. The fourth-order valence-corrected chi connectivity index (χ4v) is 1.99. The Bertz CT molecular complexity index is 454. The van der Waals surface area contributed by atoms with Crippen molar-refractivity contribution in [2.75, 3.05) is 13.1 Å². The molecule has 1 aliphatic rings. The number of hydrogen-bond donors (Lipinski definition) is 1. The molecule has 1 saturated heterocycles. The maximum Gasteiger partial charge on any atom is 0.410 e. The van der Waals surface area contributed by atoms with Crippen molar-refractivity contribution in [2.24, 2.45) is 5.73 Å². The lowest BCUT2D eigenvalue weighted by Crippen LogP contribution is -2.36. The van der Waals surface area contributed by atoms with E-state index in [0.29, 0.717) is 16.6 Å². The molecule has 6 heteroatoms. The topological polar surface area (TPSA) is 55.6 Å². The number of carbonyl (C=O) groups is 1. The predicted molar refractivity (Wildman–Crippen MR) is 86.9 cm³/mol. The molecule has 118 valence electrons. The summed E-state index contributed by atoms with van der Waals surface area (Å²) in [5.74, 6) is 0. The van der Waals surface area contributed by atoms with E-state index in [2.05, 4.69) is 0 Å². The molecule has 4 nitrogen and oxygen atoms in total. The summed E-state index contributed by atoms with van der Waals surface area (Å²) in [6.45, 7) is 6.92. The van der Waals surface area contributed by atoms with Gasteiger partial charge >= 0.3 is 6.09 Å². The highest BCUT2D eigenvalue weighted by Crippen LogP contribution is 2.19. The quantitative estimate of drug-likeness (QED) is 0.782. The first-order valence-electron chi connectivity index (χ1n) is 6.82. The van der Waals surface area contributed by atoms with E-state index >= 15 is 0 Å². The van der Waals surface area contributed by atoms with Gasteiger partial charge in [-0.15, -0.1) is 0 Å². The maximum absolute atomic E-state index is 11.5. The van der Waals surface area contributed by atoms with Crippen molar-refractivity contribution >= 4 is 29.3 Å². The molecule has 1 atom stereocenters. The van der Waals surface area contributed by atoms with Crippen molar-refractivity contribution < 1.29 is 9.53 Å². The second kappa shape index (κ2) is 7.87. The van der Waals surface area contributed by atoms with Gasteiger partial charge < -0.3 is 15.4 Å². The first-order valence-corrected chi connectivity index (χ1v) is 7.58. The monoisotopic (exact) mass is 332 g/mol. The highest BCUT2D eigenvalue weighted by atomic mass is 35.5. The van der Waals surface area contributed by atoms with Crippen molar-refractivity contribution in [1.82, 2.24) is 4.90 Å². The number of amides is 1. The van der Waals surface area contributed by atoms with Gasteiger partial charge in [0.1, 0.15) is 5.60 Å². The van der Waals surface area contributed by atoms with Crippen molar-refractivity contribution in [3.63, 3.8) is 0 Å². The Kier molecular flexibility index (Phi) is 6.78. The van der Waals surface area contributed by atoms with E-state index in [1.54, 1.807) is 17.0 Å². The van der Waals surface area contributed by atoms with Crippen LogP contribution < -0.4 is 5.73 Å². The van der Waals surface area contributed by atoms with Crippen molar-refractivity contribution in [3.05, 3.63) is 34.3 Å². The minimum atomic E-state index is -0.413. The minimum absolute atomic E-state index is 0.118. The Hall–Kier alpha value is -0.970. The van der Waals surface area contributed by atoms with Crippen molar-refractivity contribution in [1.29, 1.82) is 0 Å². The van der Waals surface area contributed by atoms with Crippen LogP contribution in [-0.4, -0.2) is 35.7 Å². The Labute approximate surface area is 136 Å². The van der Waals surface area contributed by atoms with Crippen LogP contribution in [0.3, 0.4) is 0 Å². The molecular formula is C15H22Cl2N2O2. The van der Waals surface area contributed by atoms with Crippen LogP contribution in [0.5, 0.6) is 0 Å². The number of nitrogens with zero attached hydrogens (tertiary/aromatic N) is 1. The summed E-state index contributed by atoms with van der Waals surface area (Å²) in [4.78, 5) is 13.1. The van der Waals surface area contributed by atoms with E-state index in [1.165, 1.54) is 0 Å². The third-order valence-corrected chi connectivity index (χ3v) is 3.46. The minimum Gasteiger partial charge on any atom is -0.444 e. The molecule has 0 spiro atoms. The lowest BCUT2D eigenvalue weighted by Gasteiger charge is -2.24. The first-order chi connectivity index (χ1) is 9.69. The van der Waals surface area contributed by atoms with Crippen LogP contribution in [0.4, 0.5) is 4.79 Å². The lowest BCUT2D eigenvalue weighted by atomic mass is 10.2. The summed E-state index contributed by atoms with van der Waals surface area (Å²) in [5.41, 5.74) is 5.26. The lowest BCUT2D eigenvalue weighted by molar-refractivity contribution is 0.0292. The Balaban J connectivity index is 0.000000235. The molecule has 2 rings (SSSR count). The van der Waals surface area contributed by atoms with Crippen LogP contribution >= 0.6 is 23.2 Å². The number of carbonyl (C=O) groups excluding carboxylic acids is 1. The standard InChI is InChI=1S/C9H18N2O2.C6H4Cl2/c1-9(2,3)13-8(12)11-5-4-7(10)6-11;7-5-3-1-2-4-6(5)8/h7H,4-6,10H2,1-3H3;1-4H. The molecule has 1 aliphatic heterocycles. The summed E-state index contributed by atoms with van der Waals surface area (Å²) in [6.07, 6.45) is 0.625. The molecule has 1 aromatic rings. The molecule has 0 radical (unpaired) electrons. The summed E-state index contributed by atoms with van der Waals surface area (Å²) >= 11 is 11.2. The second-order valence-electron chi connectivity index (χ2n) is 5.89. The largest absolute Gasteiger partial charge is 0.444 e. The van der Waals surface area contributed by atoms with Gasteiger partial charge in [-0.25, -0.2) is 4.79 Å². The molecule has 0 aromatic heterocycles. The summed E-state index contributed by atoms with van der Waals surface area (Å²) in [5, 5.41) is 1.21. The normalized spacial score (nSPS) is 18.0. The number of ether oxygens (including phenoxy) is 1. The number of hydrogen-bond acceptors (Lipinski definition) is 3. The van der Waals surface area contributed by atoms with E-state index in [4.69, 9.17) is 33.7 Å². The molecule has 1 amide bonds. The number of halogens is 2. The Morgan fingerprint density at radius 3 is 2.14 bits per heavy atom. The van der Waals surface area contributed by atoms with Gasteiger partial charge in [-0.1, -0.05) is 35.3 Å². The van der Waals surface area contributed by atoms with E-state index in [9.17, 15) is 4.79 Å². The Morgan fingerprint density at radius 1 is 1.29 bits per heavy atom. The first kappa shape index (κ1) is 18.1. The van der Waals surface area contributed by atoms with Crippen LogP contribution in [0.25, 0.3) is 0 Å². The van der Waals surface area contributed by atoms with Crippen LogP contribution in [0.1, 0.15) is 27.2 Å². The van der Waals surface area contributed by atoms with Gasteiger partial charge in [0.15, 0.2) is 0 Å². The summed E-state index contributed by atoms with van der Waals surface area (Å²) < 4.78 is 5.20. The van der Waals surface area contributed by atoms with Gasteiger partial charge in [0, 0.05) is 19.1 Å². The number of likely N-dealkylation sites (tertiary alicyclic amines) is 1. The molecule has 1 fully saturated rings. The molecule has 0 saturated carbocycles. The maximum atomic E-state index is 11.5. The molecule has 2 N–H and O–H groups in total. The number of benzene rings is 1. The van der Waals surface area contributed by atoms with Crippen molar-refractivity contribution in [3.8, 4) is 0 Å². The number of nitrogens with two attached hydrogens (primary N) is 1. The zero-order valence-corrected chi connectivity index (χ0v) is 14.1. The van der Waals surface area contributed by atoms with E-state index in [-0.39, 0.29) is 12.1 Å². The van der Waals surface area contributed by atoms with Crippen LogP contribution in [0.2, 0.25) is 10.0 Å². The fourth-order valence-electron chi connectivity index (χ4n) is 1.72. The SMILES string of the molecule is CC(C)(C)OC(=O)N1CCC(N)C1.Clc1ccccc1Cl. The zero-order chi connectivity index (χ0) is 16.0. The predicted octanol–water partition coefficient (Wildman–Crippen LogP) is 3.95. The van der Waals surface area contributed by atoms with E-state index < -0.39 is 5.60 Å². The van der Waals surface area contributed by atoms with Crippen LogP contribution in [0.15, 0.2) is 24.3 Å². The molecule has 0 aliphatic carbocycles. The zero-order valence-electron chi connectivity index (χ0n) is 12.6. The van der Waals surface area contributed by atoms with Gasteiger partial charge in [0.25, 0.3) is 0 Å². The Morgan fingerprint density at radius 2 is 1.81 bits per heavy atom. The fraction of sp³-hybridized carbons (Fsp3) is 0.533. The van der Waals surface area contributed by atoms with Gasteiger partial charge in [-0.05, 0) is 39.3 Å². The van der Waals surface area contributed by atoms with Gasteiger partial charge in [-0.2, -0.15) is 0 Å². The second-order valence-corrected chi connectivity index (χ2v) is 6.70. The van der Waals surface area contributed by atoms with E-state index in [1.807, 2.05) is 32.9 Å². The highest BCUT2D eigenvalue weighted by Gasteiger charge is 2.27. The molecule has 1 heterocycles. The number of rotatable bonds is 0. The van der Waals surface area contributed by atoms with Gasteiger partial charge in [0.05, 0.1) is 10.0 Å². The van der Waals surface area contributed by atoms with Gasteiger partial charge in [0.2, 0.25) is 0 Å². The average molecular weight is 333 g/mol. The third kappa shape index (κ3) is 7.02. The van der Waals surface area contributed by atoms with E-state index in [0.717, 1.165) is 13.0 Å². The average Bonchev–Trinajstić information content (AvgIpc) is 2.79. The highest BCUT2D eigenvalue weighted by molar-refractivity contribution is 6.41. The van der Waals surface area contributed by atoms with Crippen LogP contribution in [0, 0.1) is 0 Å². The molecule has 1 unspecified atom stereocenters. The van der Waals surface area contributed by atoms with Gasteiger partial charge in [-0.3, -0.25) is 0 Å². The molecular weight excluding hydrogens is 311 g/mol. The molecule has 21 heavy (non-hydrogen) atoms. The molecule has 1 aromatic carbocycles. The smallest absolute Gasteiger partial charge is 0.410 e. The van der Waals surface area contributed by atoms with Crippen LogP contribution in [-0.2, 0) is 4.74 Å². The third-order valence-electron chi connectivity index (χ3n) is 2.70. The summed E-state index contributed by atoms with van der Waals surface area (Å²) in [7, 11) is 0. The summed E-state index contributed by atoms with van der Waals surface area (Å²) in [6, 6.07) is 7.31.